The Balaban J connectivity index is 2.29. The second kappa shape index (κ2) is 7.36. The fraction of sp³-hybridized carbons (Fsp3) is 0.467. The smallest absolute Gasteiger partial charge is 0.0807 e. The van der Waals surface area contributed by atoms with Crippen LogP contribution < -0.4 is 5.32 Å². The topological polar surface area (TPSA) is 37.8 Å². The van der Waals surface area contributed by atoms with Crippen molar-refractivity contribution in [3.05, 3.63) is 46.5 Å². The molecule has 0 spiro atoms. The molecule has 2 aromatic rings. The lowest BCUT2D eigenvalue weighted by Gasteiger charge is -2.18. The molecule has 0 radical (unpaired) electrons. The van der Waals surface area contributed by atoms with E-state index in [1.807, 2.05) is 0 Å². The highest BCUT2D eigenvalue weighted by atomic mass is 32.1. The number of aromatic nitrogens is 2. The SMILES string of the molecule is CCCNC(c1ccccc1)c1snnc1CCC. The number of benzene rings is 1. The van der Waals surface area contributed by atoms with Crippen LogP contribution in [0.15, 0.2) is 30.3 Å². The standard InChI is InChI=1S/C15H21N3S/c1-3-8-13-15(19-18-17-13)14(16-11-4-2)12-9-6-5-7-10-12/h5-7,9-10,14,16H,3-4,8,11H2,1-2H3. The van der Waals surface area contributed by atoms with Gasteiger partial charge in [0.05, 0.1) is 16.6 Å². The van der Waals surface area contributed by atoms with Crippen molar-refractivity contribution in [3.8, 4) is 0 Å². The van der Waals surface area contributed by atoms with Gasteiger partial charge in [0.15, 0.2) is 0 Å². The van der Waals surface area contributed by atoms with E-state index < -0.39 is 0 Å². The van der Waals surface area contributed by atoms with Crippen LogP contribution in [-0.2, 0) is 6.42 Å². The molecule has 0 aliphatic rings. The first-order valence-corrected chi connectivity index (χ1v) is 7.73. The van der Waals surface area contributed by atoms with Gasteiger partial charge in [0.1, 0.15) is 0 Å². The van der Waals surface area contributed by atoms with Crippen molar-refractivity contribution >= 4 is 11.5 Å². The average Bonchev–Trinajstić information content (AvgIpc) is 2.89. The van der Waals surface area contributed by atoms with Crippen molar-refractivity contribution in [1.29, 1.82) is 0 Å². The molecule has 102 valence electrons. The minimum Gasteiger partial charge on any atom is -0.305 e. The molecule has 1 unspecified atom stereocenters. The van der Waals surface area contributed by atoms with Gasteiger partial charge in [-0.2, -0.15) is 0 Å². The quantitative estimate of drug-likeness (QED) is 0.839. The normalized spacial score (nSPS) is 12.5. The fourth-order valence-electron chi connectivity index (χ4n) is 2.14. The maximum absolute atomic E-state index is 4.29. The number of rotatable bonds is 7. The molecule has 1 heterocycles. The van der Waals surface area contributed by atoms with Crippen molar-refractivity contribution in [1.82, 2.24) is 14.9 Å². The Bertz CT molecular complexity index is 481. The van der Waals surface area contributed by atoms with Gasteiger partial charge >= 0.3 is 0 Å². The van der Waals surface area contributed by atoms with Crippen molar-refractivity contribution in [2.45, 2.75) is 39.2 Å². The third kappa shape index (κ3) is 3.61. The van der Waals surface area contributed by atoms with Gasteiger partial charge in [0.2, 0.25) is 0 Å². The van der Waals surface area contributed by atoms with Gasteiger partial charge in [-0.25, -0.2) is 0 Å². The molecule has 0 amide bonds. The zero-order valence-corrected chi connectivity index (χ0v) is 12.4. The number of aryl methyl sites for hydroxylation is 1. The highest BCUT2D eigenvalue weighted by Crippen LogP contribution is 2.27. The Kier molecular flexibility index (Phi) is 5.48. The number of nitrogens with zero attached hydrogens (tertiary/aromatic N) is 2. The number of hydrogen-bond acceptors (Lipinski definition) is 4. The minimum absolute atomic E-state index is 0.225. The van der Waals surface area contributed by atoms with Crippen LogP contribution in [0, 0.1) is 0 Å². The molecule has 0 bridgehead atoms. The van der Waals surface area contributed by atoms with Crippen LogP contribution in [0.2, 0.25) is 0 Å². The van der Waals surface area contributed by atoms with Gasteiger partial charge in [-0.3, -0.25) is 0 Å². The highest BCUT2D eigenvalue weighted by molar-refractivity contribution is 7.05. The van der Waals surface area contributed by atoms with E-state index in [4.69, 9.17) is 0 Å². The zero-order valence-electron chi connectivity index (χ0n) is 11.6. The molecule has 0 saturated heterocycles. The van der Waals surface area contributed by atoms with E-state index in [0.717, 1.165) is 31.5 Å². The van der Waals surface area contributed by atoms with E-state index in [-0.39, 0.29) is 6.04 Å². The summed E-state index contributed by atoms with van der Waals surface area (Å²) >= 11 is 1.52. The predicted octanol–water partition coefficient (Wildman–Crippen LogP) is 3.58. The summed E-state index contributed by atoms with van der Waals surface area (Å²) in [6.07, 6.45) is 3.23. The first kappa shape index (κ1) is 14.2. The first-order chi connectivity index (χ1) is 9.36. The molecule has 3 nitrogen and oxygen atoms in total. The van der Waals surface area contributed by atoms with Crippen molar-refractivity contribution in [2.75, 3.05) is 6.54 Å². The summed E-state index contributed by atoms with van der Waals surface area (Å²) in [7, 11) is 0. The molecule has 1 N–H and O–H groups in total. The van der Waals surface area contributed by atoms with Gasteiger partial charge in [-0.05, 0) is 36.5 Å². The summed E-state index contributed by atoms with van der Waals surface area (Å²) < 4.78 is 4.15. The lowest BCUT2D eigenvalue weighted by atomic mass is 10.0. The Hall–Kier alpha value is -1.26. The Morgan fingerprint density at radius 2 is 1.95 bits per heavy atom. The average molecular weight is 275 g/mol. The highest BCUT2D eigenvalue weighted by Gasteiger charge is 2.19. The van der Waals surface area contributed by atoms with Crippen molar-refractivity contribution < 1.29 is 0 Å². The monoisotopic (exact) mass is 275 g/mol. The second-order valence-electron chi connectivity index (χ2n) is 4.63. The molecular weight excluding hydrogens is 254 g/mol. The summed E-state index contributed by atoms with van der Waals surface area (Å²) in [6, 6.07) is 10.8. The number of nitrogens with one attached hydrogen (secondary N) is 1. The Labute approximate surface area is 119 Å². The van der Waals surface area contributed by atoms with Crippen molar-refractivity contribution in [2.24, 2.45) is 0 Å². The summed E-state index contributed by atoms with van der Waals surface area (Å²) in [5, 5.41) is 7.91. The van der Waals surface area contributed by atoms with Crippen LogP contribution in [0.25, 0.3) is 0 Å². The van der Waals surface area contributed by atoms with Gasteiger partial charge < -0.3 is 5.32 Å². The van der Waals surface area contributed by atoms with Crippen LogP contribution in [0.4, 0.5) is 0 Å². The van der Waals surface area contributed by atoms with Crippen molar-refractivity contribution in [3.63, 3.8) is 0 Å². The zero-order chi connectivity index (χ0) is 13.5. The second-order valence-corrected chi connectivity index (χ2v) is 5.42. The lowest BCUT2D eigenvalue weighted by molar-refractivity contribution is 0.599. The minimum atomic E-state index is 0.225. The summed E-state index contributed by atoms with van der Waals surface area (Å²) in [6.45, 7) is 5.37. The Morgan fingerprint density at radius 1 is 1.16 bits per heavy atom. The molecule has 0 aliphatic carbocycles. The molecule has 2 rings (SSSR count). The van der Waals surface area contributed by atoms with Crippen LogP contribution in [0.1, 0.15) is 48.9 Å². The van der Waals surface area contributed by atoms with Crippen LogP contribution in [0.3, 0.4) is 0 Å². The summed E-state index contributed by atoms with van der Waals surface area (Å²) in [4.78, 5) is 1.27. The van der Waals surface area contributed by atoms with Gasteiger partial charge in [-0.1, -0.05) is 55.1 Å². The van der Waals surface area contributed by atoms with Crippen LogP contribution >= 0.6 is 11.5 Å². The number of hydrogen-bond donors (Lipinski definition) is 1. The van der Waals surface area contributed by atoms with E-state index in [0.29, 0.717) is 0 Å². The van der Waals surface area contributed by atoms with Gasteiger partial charge in [0.25, 0.3) is 0 Å². The van der Waals surface area contributed by atoms with Gasteiger partial charge in [-0.15, -0.1) is 5.10 Å². The summed E-state index contributed by atoms with van der Waals surface area (Å²) in [5.41, 5.74) is 2.43. The van der Waals surface area contributed by atoms with E-state index in [1.54, 1.807) is 0 Å². The van der Waals surface area contributed by atoms with Gasteiger partial charge in [0, 0.05) is 0 Å². The summed E-state index contributed by atoms with van der Waals surface area (Å²) in [5.74, 6) is 0. The maximum atomic E-state index is 4.29. The molecule has 1 atom stereocenters. The van der Waals surface area contributed by atoms with E-state index >= 15 is 0 Å². The first-order valence-electron chi connectivity index (χ1n) is 6.96. The van der Waals surface area contributed by atoms with E-state index in [9.17, 15) is 0 Å². The molecule has 4 heteroatoms. The predicted molar refractivity (Wildman–Crippen MR) is 80.5 cm³/mol. The molecule has 0 saturated carbocycles. The molecule has 0 aliphatic heterocycles. The maximum Gasteiger partial charge on any atom is 0.0807 e. The molecule has 0 fully saturated rings. The molecule has 19 heavy (non-hydrogen) atoms. The molecular formula is C15H21N3S. The van der Waals surface area contributed by atoms with Crippen LogP contribution in [0.5, 0.6) is 0 Å². The molecule has 1 aromatic heterocycles. The Morgan fingerprint density at radius 3 is 2.63 bits per heavy atom. The van der Waals surface area contributed by atoms with E-state index in [1.165, 1.54) is 22.0 Å². The fourth-order valence-corrected chi connectivity index (χ4v) is 2.94. The third-order valence-electron chi connectivity index (χ3n) is 3.07. The lowest BCUT2D eigenvalue weighted by Crippen LogP contribution is -2.23. The van der Waals surface area contributed by atoms with Crippen LogP contribution in [-0.4, -0.2) is 16.1 Å². The largest absolute Gasteiger partial charge is 0.305 e. The third-order valence-corrected chi connectivity index (χ3v) is 3.90. The molecule has 1 aromatic carbocycles. The van der Waals surface area contributed by atoms with E-state index in [2.05, 4.69) is 59.1 Å².